The zero-order valence-corrected chi connectivity index (χ0v) is 16.5. The molecule has 1 aromatic heterocycles. The van der Waals surface area contributed by atoms with E-state index in [1.54, 1.807) is 0 Å². The highest BCUT2D eigenvalue weighted by molar-refractivity contribution is 6.07. The van der Waals surface area contributed by atoms with E-state index >= 15 is 0 Å². The maximum absolute atomic E-state index is 12.9. The van der Waals surface area contributed by atoms with E-state index < -0.39 is 5.54 Å². The molecule has 1 aromatic carbocycles. The first-order valence-corrected chi connectivity index (χ1v) is 9.27. The molecule has 0 bridgehead atoms. The number of imide groups is 1. The molecule has 8 nitrogen and oxygen atoms in total. The molecule has 2 heterocycles. The lowest BCUT2D eigenvalue weighted by molar-refractivity contribution is -0.133. The van der Waals surface area contributed by atoms with Crippen molar-refractivity contribution in [2.45, 2.75) is 51.2 Å². The summed E-state index contributed by atoms with van der Waals surface area (Å²) in [7, 11) is 0. The van der Waals surface area contributed by atoms with Crippen LogP contribution in [0.1, 0.15) is 44.1 Å². The van der Waals surface area contributed by atoms with Gasteiger partial charge in [0, 0.05) is 12.1 Å². The van der Waals surface area contributed by atoms with Crippen molar-refractivity contribution in [1.82, 2.24) is 20.4 Å². The van der Waals surface area contributed by atoms with Gasteiger partial charge in [-0.05, 0) is 37.2 Å². The van der Waals surface area contributed by atoms with E-state index in [1.807, 2.05) is 24.3 Å². The van der Waals surface area contributed by atoms with E-state index in [4.69, 9.17) is 10.3 Å². The SMILES string of the molecule is CC1CCC2(CC1)NC(=O)N(Cc1nc(-c3ccc(CN)cc3)no1)C2=O.Cl. The number of nitrogens with zero attached hydrogens (tertiary/aromatic N) is 3. The summed E-state index contributed by atoms with van der Waals surface area (Å²) in [5, 5.41) is 6.86. The molecular formula is C19H24ClN5O3. The van der Waals surface area contributed by atoms with Crippen LogP contribution in [-0.4, -0.2) is 32.5 Å². The molecule has 9 heteroatoms. The summed E-state index contributed by atoms with van der Waals surface area (Å²) >= 11 is 0. The molecule has 3 amide bonds. The first-order valence-electron chi connectivity index (χ1n) is 9.27. The number of rotatable bonds is 4. The van der Waals surface area contributed by atoms with E-state index in [0.717, 1.165) is 24.0 Å². The fraction of sp³-hybridized carbons (Fsp3) is 0.474. The lowest BCUT2D eigenvalue weighted by Crippen LogP contribution is -2.49. The second-order valence-corrected chi connectivity index (χ2v) is 7.50. The highest BCUT2D eigenvalue weighted by Gasteiger charge is 2.52. The van der Waals surface area contributed by atoms with Crippen molar-refractivity contribution in [2.75, 3.05) is 0 Å². The highest BCUT2D eigenvalue weighted by atomic mass is 35.5. The summed E-state index contributed by atoms with van der Waals surface area (Å²) in [6.45, 7) is 2.62. The van der Waals surface area contributed by atoms with Crippen molar-refractivity contribution in [3.05, 3.63) is 35.7 Å². The van der Waals surface area contributed by atoms with Crippen LogP contribution >= 0.6 is 12.4 Å². The normalized spacial score (nSPS) is 24.4. The van der Waals surface area contributed by atoms with Crippen molar-refractivity contribution >= 4 is 24.3 Å². The Morgan fingerprint density at radius 3 is 2.57 bits per heavy atom. The third-order valence-corrected chi connectivity index (χ3v) is 5.58. The van der Waals surface area contributed by atoms with Gasteiger partial charge in [0.1, 0.15) is 12.1 Å². The van der Waals surface area contributed by atoms with Crippen LogP contribution in [0.2, 0.25) is 0 Å². The summed E-state index contributed by atoms with van der Waals surface area (Å²) in [4.78, 5) is 30.8. The number of aromatic nitrogens is 2. The molecule has 0 radical (unpaired) electrons. The summed E-state index contributed by atoms with van der Waals surface area (Å²) in [5.74, 6) is 1.05. The molecule has 1 aliphatic carbocycles. The van der Waals surface area contributed by atoms with Crippen LogP contribution in [0, 0.1) is 5.92 Å². The van der Waals surface area contributed by atoms with E-state index in [2.05, 4.69) is 22.4 Å². The maximum Gasteiger partial charge on any atom is 0.325 e. The van der Waals surface area contributed by atoms with Gasteiger partial charge in [0.25, 0.3) is 5.91 Å². The van der Waals surface area contributed by atoms with Crippen LogP contribution in [0.5, 0.6) is 0 Å². The Kier molecular flexibility index (Phi) is 5.71. The second kappa shape index (κ2) is 7.89. The molecular weight excluding hydrogens is 382 g/mol. The number of benzene rings is 1. The lowest BCUT2D eigenvalue weighted by Gasteiger charge is -2.33. The highest BCUT2D eigenvalue weighted by Crippen LogP contribution is 2.36. The maximum atomic E-state index is 12.9. The van der Waals surface area contributed by atoms with Gasteiger partial charge in [0.15, 0.2) is 0 Å². The molecule has 1 saturated carbocycles. The molecule has 3 N–H and O–H groups in total. The zero-order valence-electron chi connectivity index (χ0n) is 15.7. The minimum Gasteiger partial charge on any atom is -0.337 e. The fourth-order valence-corrected chi connectivity index (χ4v) is 3.78. The molecule has 2 fully saturated rings. The van der Waals surface area contributed by atoms with Gasteiger partial charge in [0.2, 0.25) is 11.7 Å². The second-order valence-electron chi connectivity index (χ2n) is 7.50. The number of halogens is 1. The third kappa shape index (κ3) is 3.62. The van der Waals surface area contributed by atoms with Crippen molar-refractivity contribution < 1.29 is 14.1 Å². The Morgan fingerprint density at radius 1 is 1.25 bits per heavy atom. The zero-order chi connectivity index (χ0) is 19.0. The van der Waals surface area contributed by atoms with E-state index in [-0.39, 0.29) is 36.8 Å². The Labute approximate surface area is 169 Å². The fourth-order valence-electron chi connectivity index (χ4n) is 3.78. The van der Waals surface area contributed by atoms with Gasteiger partial charge in [-0.1, -0.05) is 36.3 Å². The molecule has 1 aliphatic heterocycles. The van der Waals surface area contributed by atoms with Gasteiger partial charge in [-0.25, -0.2) is 4.79 Å². The Hall–Kier alpha value is -2.45. The van der Waals surface area contributed by atoms with Crippen molar-refractivity contribution in [1.29, 1.82) is 0 Å². The van der Waals surface area contributed by atoms with E-state index in [1.165, 1.54) is 4.90 Å². The van der Waals surface area contributed by atoms with Crippen LogP contribution in [-0.2, 0) is 17.9 Å². The van der Waals surface area contributed by atoms with Crippen LogP contribution < -0.4 is 11.1 Å². The quantitative estimate of drug-likeness (QED) is 0.755. The summed E-state index contributed by atoms with van der Waals surface area (Å²) in [6.07, 6.45) is 3.22. The lowest BCUT2D eigenvalue weighted by atomic mass is 9.77. The number of nitrogens with one attached hydrogen (secondary N) is 1. The Balaban J connectivity index is 0.00000225. The van der Waals surface area contributed by atoms with Crippen molar-refractivity contribution in [2.24, 2.45) is 11.7 Å². The van der Waals surface area contributed by atoms with Gasteiger partial charge in [-0.3, -0.25) is 9.69 Å². The summed E-state index contributed by atoms with van der Waals surface area (Å²) < 4.78 is 5.27. The molecule has 0 atom stereocenters. The number of carbonyl (C=O) groups is 2. The average molecular weight is 406 g/mol. The minimum atomic E-state index is -0.759. The molecule has 2 aromatic rings. The van der Waals surface area contributed by atoms with Crippen LogP contribution in [0.3, 0.4) is 0 Å². The number of hydrogen-bond acceptors (Lipinski definition) is 6. The third-order valence-electron chi connectivity index (χ3n) is 5.58. The van der Waals surface area contributed by atoms with Crippen LogP contribution in [0.25, 0.3) is 11.4 Å². The number of hydrogen-bond donors (Lipinski definition) is 2. The number of amides is 3. The first-order chi connectivity index (χ1) is 13.0. The van der Waals surface area contributed by atoms with E-state index in [0.29, 0.717) is 31.1 Å². The van der Waals surface area contributed by atoms with E-state index in [9.17, 15) is 9.59 Å². The number of carbonyl (C=O) groups excluding carboxylic acids is 2. The molecule has 2 aliphatic rings. The predicted octanol–water partition coefficient (Wildman–Crippen LogP) is 2.62. The summed E-state index contributed by atoms with van der Waals surface area (Å²) in [6, 6.07) is 7.14. The van der Waals surface area contributed by atoms with Crippen molar-refractivity contribution in [3.63, 3.8) is 0 Å². The summed E-state index contributed by atoms with van der Waals surface area (Å²) in [5.41, 5.74) is 6.64. The first kappa shape index (κ1) is 20.3. The number of urea groups is 1. The largest absolute Gasteiger partial charge is 0.337 e. The van der Waals surface area contributed by atoms with Gasteiger partial charge in [-0.15, -0.1) is 12.4 Å². The topological polar surface area (TPSA) is 114 Å². The Morgan fingerprint density at radius 2 is 1.93 bits per heavy atom. The Bertz CT molecular complexity index is 859. The minimum absolute atomic E-state index is 0. The van der Waals surface area contributed by atoms with Crippen LogP contribution in [0.15, 0.2) is 28.8 Å². The average Bonchev–Trinajstić information content (AvgIpc) is 3.24. The van der Waals surface area contributed by atoms with Gasteiger partial charge >= 0.3 is 6.03 Å². The predicted molar refractivity (Wildman–Crippen MR) is 104 cm³/mol. The molecule has 0 unspecified atom stereocenters. The van der Waals surface area contributed by atoms with Gasteiger partial charge < -0.3 is 15.6 Å². The molecule has 28 heavy (non-hydrogen) atoms. The molecule has 1 saturated heterocycles. The molecule has 4 rings (SSSR count). The molecule has 1 spiro atoms. The van der Waals surface area contributed by atoms with Crippen LogP contribution in [0.4, 0.5) is 4.79 Å². The standard InChI is InChI=1S/C19H23N5O3.ClH/c1-12-6-8-19(9-7-12)17(25)24(18(26)22-19)11-15-21-16(23-27-15)14-4-2-13(10-20)3-5-14;/h2-5,12H,6-11,20H2,1H3,(H,22,26);1H. The van der Waals surface area contributed by atoms with Gasteiger partial charge in [0.05, 0.1) is 0 Å². The monoisotopic (exact) mass is 405 g/mol. The smallest absolute Gasteiger partial charge is 0.325 e. The number of nitrogens with two attached hydrogens (primary N) is 1. The van der Waals surface area contributed by atoms with Crippen molar-refractivity contribution in [3.8, 4) is 11.4 Å². The molecule has 150 valence electrons. The van der Waals surface area contributed by atoms with Gasteiger partial charge in [-0.2, -0.15) is 4.98 Å².